The average Bonchev–Trinajstić information content (AvgIpc) is 2.12. The Morgan fingerprint density at radius 3 is 2.50 bits per heavy atom. The zero-order valence-electron chi connectivity index (χ0n) is 9.83. The van der Waals surface area contributed by atoms with E-state index in [1.54, 1.807) is 0 Å². The van der Waals surface area contributed by atoms with Crippen molar-refractivity contribution in [1.29, 1.82) is 0 Å². The van der Waals surface area contributed by atoms with Crippen LogP contribution in [0.1, 0.15) is 38.7 Å². The van der Waals surface area contributed by atoms with Crippen LogP contribution in [0.5, 0.6) is 0 Å². The minimum Gasteiger partial charge on any atom is -0.481 e. The molecule has 1 rings (SSSR count). The van der Waals surface area contributed by atoms with Crippen molar-refractivity contribution in [2.45, 2.75) is 33.1 Å². The highest BCUT2D eigenvalue weighted by Crippen LogP contribution is 2.32. The van der Waals surface area contributed by atoms with Gasteiger partial charge in [-0.15, -0.1) is 0 Å². The van der Waals surface area contributed by atoms with E-state index in [4.69, 9.17) is 0 Å². The van der Waals surface area contributed by atoms with E-state index < -0.39 is 11.9 Å². The van der Waals surface area contributed by atoms with Gasteiger partial charge in [-0.1, -0.05) is 48.8 Å². The fourth-order valence-corrected chi connectivity index (χ4v) is 2.10. The molecule has 0 saturated carbocycles. The number of carboxylic acid groups (broad SMARTS) is 1. The second kappa shape index (κ2) is 5.00. The van der Waals surface area contributed by atoms with Crippen LogP contribution in [0.3, 0.4) is 0 Å². The number of carbonyl (C=O) groups is 1. The standard InChI is InChI=1S/C13H17BrO2/c1-13(2,3)8-11(12(15)16)9-5-4-6-10(14)7-9/h4-7,11H,8H2,1-3H3,(H,15,16). The van der Waals surface area contributed by atoms with Crippen LogP contribution < -0.4 is 0 Å². The molecule has 1 unspecified atom stereocenters. The second-order valence-corrected chi connectivity index (χ2v) is 6.13. The zero-order chi connectivity index (χ0) is 12.3. The number of hydrogen-bond acceptors (Lipinski definition) is 1. The molecule has 0 amide bonds. The first-order valence-electron chi connectivity index (χ1n) is 5.28. The summed E-state index contributed by atoms with van der Waals surface area (Å²) in [5, 5.41) is 9.27. The summed E-state index contributed by atoms with van der Waals surface area (Å²) in [7, 11) is 0. The lowest BCUT2D eigenvalue weighted by atomic mass is 9.81. The lowest BCUT2D eigenvalue weighted by Crippen LogP contribution is -2.19. The molecule has 0 bridgehead atoms. The Bertz CT molecular complexity index is 380. The Kier molecular flexibility index (Phi) is 4.14. The molecule has 3 heteroatoms. The quantitative estimate of drug-likeness (QED) is 0.909. The molecule has 0 radical (unpaired) electrons. The van der Waals surface area contributed by atoms with Gasteiger partial charge in [0.05, 0.1) is 5.92 Å². The predicted molar refractivity (Wildman–Crippen MR) is 68.6 cm³/mol. The Labute approximate surface area is 105 Å². The van der Waals surface area contributed by atoms with Gasteiger partial charge in [0.25, 0.3) is 0 Å². The SMILES string of the molecule is CC(C)(C)CC(C(=O)O)c1cccc(Br)c1. The van der Waals surface area contributed by atoms with E-state index >= 15 is 0 Å². The molecular weight excluding hydrogens is 268 g/mol. The van der Waals surface area contributed by atoms with E-state index in [-0.39, 0.29) is 5.41 Å². The van der Waals surface area contributed by atoms with E-state index in [9.17, 15) is 9.90 Å². The van der Waals surface area contributed by atoms with Gasteiger partial charge in [0.15, 0.2) is 0 Å². The highest BCUT2D eigenvalue weighted by Gasteiger charge is 2.26. The third-order valence-corrected chi connectivity index (χ3v) is 2.86. The van der Waals surface area contributed by atoms with Crippen molar-refractivity contribution in [1.82, 2.24) is 0 Å². The van der Waals surface area contributed by atoms with Gasteiger partial charge >= 0.3 is 5.97 Å². The van der Waals surface area contributed by atoms with Crippen LogP contribution in [0.25, 0.3) is 0 Å². The zero-order valence-corrected chi connectivity index (χ0v) is 11.4. The third kappa shape index (κ3) is 3.97. The van der Waals surface area contributed by atoms with E-state index in [1.807, 2.05) is 24.3 Å². The predicted octanol–water partition coefficient (Wildman–Crippen LogP) is 4.05. The molecule has 0 fully saturated rings. The van der Waals surface area contributed by atoms with Crippen molar-refractivity contribution in [3.8, 4) is 0 Å². The van der Waals surface area contributed by atoms with Crippen LogP contribution in [0, 0.1) is 5.41 Å². The highest BCUT2D eigenvalue weighted by atomic mass is 79.9. The van der Waals surface area contributed by atoms with Crippen molar-refractivity contribution < 1.29 is 9.90 Å². The first kappa shape index (κ1) is 13.2. The second-order valence-electron chi connectivity index (χ2n) is 5.21. The van der Waals surface area contributed by atoms with Crippen LogP contribution in [-0.2, 0) is 4.79 Å². The number of halogens is 1. The molecule has 2 nitrogen and oxygen atoms in total. The first-order valence-corrected chi connectivity index (χ1v) is 6.07. The van der Waals surface area contributed by atoms with E-state index in [2.05, 4.69) is 36.7 Å². The van der Waals surface area contributed by atoms with Crippen molar-refractivity contribution in [3.63, 3.8) is 0 Å². The number of hydrogen-bond donors (Lipinski definition) is 1. The number of benzene rings is 1. The monoisotopic (exact) mass is 284 g/mol. The van der Waals surface area contributed by atoms with Gasteiger partial charge in [0, 0.05) is 4.47 Å². The molecule has 88 valence electrons. The normalized spacial score (nSPS) is 13.5. The van der Waals surface area contributed by atoms with Crippen LogP contribution in [0.2, 0.25) is 0 Å². The number of rotatable bonds is 3. The molecular formula is C13H17BrO2. The summed E-state index contributed by atoms with van der Waals surface area (Å²) in [6.45, 7) is 6.17. The van der Waals surface area contributed by atoms with Gasteiger partial charge in [0.2, 0.25) is 0 Å². The van der Waals surface area contributed by atoms with Crippen molar-refractivity contribution >= 4 is 21.9 Å². The largest absolute Gasteiger partial charge is 0.481 e. The molecule has 1 atom stereocenters. The minimum atomic E-state index is -0.756. The molecule has 0 aliphatic rings. The topological polar surface area (TPSA) is 37.3 Å². The lowest BCUT2D eigenvalue weighted by Gasteiger charge is -2.23. The van der Waals surface area contributed by atoms with Gasteiger partial charge < -0.3 is 5.11 Å². The van der Waals surface area contributed by atoms with Crippen LogP contribution in [0.15, 0.2) is 28.7 Å². The van der Waals surface area contributed by atoms with Gasteiger partial charge in [-0.3, -0.25) is 4.79 Å². The number of aliphatic carboxylic acids is 1. The molecule has 0 heterocycles. The molecule has 1 aromatic rings. The fourth-order valence-electron chi connectivity index (χ4n) is 1.68. The van der Waals surface area contributed by atoms with Crippen molar-refractivity contribution in [2.75, 3.05) is 0 Å². The third-order valence-electron chi connectivity index (χ3n) is 2.37. The summed E-state index contributed by atoms with van der Waals surface area (Å²) in [6.07, 6.45) is 0.638. The lowest BCUT2D eigenvalue weighted by molar-refractivity contribution is -0.139. The maximum Gasteiger partial charge on any atom is 0.310 e. The average molecular weight is 285 g/mol. The van der Waals surface area contributed by atoms with Gasteiger partial charge in [-0.25, -0.2) is 0 Å². The van der Waals surface area contributed by atoms with E-state index in [0.717, 1.165) is 10.0 Å². The number of carboxylic acids is 1. The highest BCUT2D eigenvalue weighted by molar-refractivity contribution is 9.10. The summed E-state index contributed by atoms with van der Waals surface area (Å²) < 4.78 is 0.921. The fraction of sp³-hybridized carbons (Fsp3) is 0.462. The molecule has 0 aliphatic carbocycles. The van der Waals surface area contributed by atoms with Crippen LogP contribution in [0.4, 0.5) is 0 Å². The molecule has 0 spiro atoms. The maximum absolute atomic E-state index is 11.3. The summed E-state index contributed by atoms with van der Waals surface area (Å²) in [5.74, 6) is -1.19. The molecule has 1 aromatic carbocycles. The Balaban J connectivity index is 2.99. The molecule has 0 aliphatic heterocycles. The van der Waals surface area contributed by atoms with Gasteiger partial charge in [-0.2, -0.15) is 0 Å². The Morgan fingerprint density at radius 1 is 1.44 bits per heavy atom. The van der Waals surface area contributed by atoms with Gasteiger partial charge in [-0.05, 0) is 29.5 Å². The first-order chi connectivity index (χ1) is 7.29. The van der Waals surface area contributed by atoms with Crippen LogP contribution >= 0.6 is 15.9 Å². The Morgan fingerprint density at radius 2 is 2.06 bits per heavy atom. The Hall–Kier alpha value is -0.830. The molecule has 0 aromatic heterocycles. The summed E-state index contributed by atoms with van der Waals surface area (Å²) in [6, 6.07) is 7.53. The van der Waals surface area contributed by atoms with E-state index in [0.29, 0.717) is 6.42 Å². The molecule has 1 N–H and O–H groups in total. The maximum atomic E-state index is 11.3. The van der Waals surface area contributed by atoms with Gasteiger partial charge in [0.1, 0.15) is 0 Å². The summed E-state index contributed by atoms with van der Waals surface area (Å²) in [5.41, 5.74) is 0.863. The summed E-state index contributed by atoms with van der Waals surface area (Å²) in [4.78, 5) is 11.3. The minimum absolute atomic E-state index is 0.00533. The summed E-state index contributed by atoms with van der Waals surface area (Å²) >= 11 is 3.37. The van der Waals surface area contributed by atoms with E-state index in [1.165, 1.54) is 0 Å². The molecule has 16 heavy (non-hydrogen) atoms. The van der Waals surface area contributed by atoms with Crippen LogP contribution in [-0.4, -0.2) is 11.1 Å². The molecule has 0 saturated heterocycles. The van der Waals surface area contributed by atoms with Crippen molar-refractivity contribution in [2.24, 2.45) is 5.41 Å². The smallest absolute Gasteiger partial charge is 0.310 e. The van der Waals surface area contributed by atoms with Crippen molar-refractivity contribution in [3.05, 3.63) is 34.3 Å².